The minimum absolute atomic E-state index is 0.0440. The van der Waals surface area contributed by atoms with Crippen LogP contribution in [0.25, 0.3) is 0 Å². The van der Waals surface area contributed by atoms with E-state index in [1.54, 1.807) is 55.6 Å². The molecule has 1 spiro atoms. The van der Waals surface area contributed by atoms with Crippen LogP contribution in [-0.4, -0.2) is 51.3 Å². The van der Waals surface area contributed by atoms with Crippen LogP contribution >= 0.6 is 0 Å². The Bertz CT molecular complexity index is 1690. The molecule has 11 heteroatoms. The van der Waals surface area contributed by atoms with Crippen molar-refractivity contribution >= 4 is 35.4 Å². The quantitative estimate of drug-likeness (QED) is 0.263. The van der Waals surface area contributed by atoms with Gasteiger partial charge in [0, 0.05) is 23.4 Å². The third-order valence-corrected chi connectivity index (χ3v) is 8.94. The third kappa shape index (κ3) is 7.50. The number of benzene rings is 2. The Morgan fingerprint density at radius 3 is 2.10 bits per heavy atom. The monoisotopic (exact) mass is 671 g/mol. The molecule has 1 fully saturated rings. The SMILES string of the molecule is CCc1cc(Nc2ncnc(N(C(=O)OC(C)(C)C)C(=O)OC(C)(C)C)c2C)cc2c1C(=O)N(Cc1ccc(OC)cc1)C21CCCCC1. The van der Waals surface area contributed by atoms with Crippen LogP contribution in [-0.2, 0) is 28.0 Å². The summed E-state index contributed by atoms with van der Waals surface area (Å²) in [5, 5.41) is 3.43. The minimum Gasteiger partial charge on any atom is -0.497 e. The van der Waals surface area contributed by atoms with Gasteiger partial charge in [-0.1, -0.05) is 38.3 Å². The van der Waals surface area contributed by atoms with Gasteiger partial charge >= 0.3 is 12.2 Å². The Hall–Kier alpha value is -4.67. The Balaban J connectivity index is 1.54. The van der Waals surface area contributed by atoms with Crippen molar-refractivity contribution in [3.8, 4) is 5.75 Å². The van der Waals surface area contributed by atoms with Crippen molar-refractivity contribution in [2.45, 2.75) is 117 Å². The van der Waals surface area contributed by atoms with Crippen LogP contribution in [0, 0.1) is 6.92 Å². The summed E-state index contributed by atoms with van der Waals surface area (Å²) in [5.74, 6) is 1.28. The number of aryl methyl sites for hydroxylation is 1. The molecule has 262 valence electrons. The number of fused-ring (bicyclic) bond motifs is 2. The molecule has 1 N–H and O–H groups in total. The highest BCUT2D eigenvalue weighted by molar-refractivity contribution is 6.09. The highest BCUT2D eigenvalue weighted by Crippen LogP contribution is 2.51. The first-order valence-electron chi connectivity index (χ1n) is 17.0. The highest BCUT2D eigenvalue weighted by Gasteiger charge is 2.50. The molecule has 5 rings (SSSR count). The van der Waals surface area contributed by atoms with Gasteiger partial charge < -0.3 is 24.4 Å². The maximum Gasteiger partial charge on any atom is 0.425 e. The lowest BCUT2D eigenvalue weighted by Gasteiger charge is -2.42. The number of anilines is 3. The number of carbonyl (C=O) groups is 3. The summed E-state index contributed by atoms with van der Waals surface area (Å²) >= 11 is 0. The number of aromatic nitrogens is 2. The van der Waals surface area contributed by atoms with Gasteiger partial charge in [0.25, 0.3) is 5.91 Å². The summed E-state index contributed by atoms with van der Waals surface area (Å²) < 4.78 is 16.5. The van der Waals surface area contributed by atoms with Crippen molar-refractivity contribution < 1.29 is 28.6 Å². The molecule has 2 aromatic carbocycles. The number of nitrogens with one attached hydrogen (secondary N) is 1. The van der Waals surface area contributed by atoms with E-state index >= 15 is 0 Å². The highest BCUT2D eigenvalue weighted by atomic mass is 16.6. The zero-order chi connectivity index (χ0) is 35.7. The van der Waals surface area contributed by atoms with E-state index in [9.17, 15) is 14.4 Å². The van der Waals surface area contributed by atoms with Crippen molar-refractivity contribution in [1.29, 1.82) is 0 Å². The van der Waals surface area contributed by atoms with Gasteiger partial charge in [0.2, 0.25) is 0 Å². The lowest BCUT2D eigenvalue weighted by atomic mass is 9.75. The zero-order valence-corrected chi connectivity index (χ0v) is 30.2. The van der Waals surface area contributed by atoms with Crippen LogP contribution in [0.5, 0.6) is 5.75 Å². The molecule has 0 bridgehead atoms. The first-order chi connectivity index (χ1) is 23.1. The number of ether oxygens (including phenoxy) is 3. The molecule has 0 unspecified atom stereocenters. The van der Waals surface area contributed by atoms with Crippen molar-refractivity contribution in [2.75, 3.05) is 17.3 Å². The van der Waals surface area contributed by atoms with E-state index in [1.807, 2.05) is 30.3 Å². The Morgan fingerprint density at radius 1 is 0.939 bits per heavy atom. The van der Waals surface area contributed by atoms with Crippen LogP contribution < -0.4 is 15.0 Å². The van der Waals surface area contributed by atoms with Gasteiger partial charge in [0.1, 0.15) is 29.1 Å². The fraction of sp³-hybridized carbons (Fsp3) is 0.500. The lowest BCUT2D eigenvalue weighted by molar-refractivity contribution is 0.0383. The topological polar surface area (TPSA) is 123 Å². The van der Waals surface area contributed by atoms with Crippen LogP contribution in [0.4, 0.5) is 26.9 Å². The number of amides is 3. The van der Waals surface area contributed by atoms with Gasteiger partial charge in [-0.3, -0.25) is 4.79 Å². The van der Waals surface area contributed by atoms with Gasteiger partial charge in [0.15, 0.2) is 5.82 Å². The molecule has 0 radical (unpaired) electrons. The van der Waals surface area contributed by atoms with E-state index in [2.05, 4.69) is 33.2 Å². The standard InChI is InChI=1S/C38H49N5O6/c1-10-26-20-27(41-31-24(2)32(40-23-39-31)43(34(45)48-36(3,4)5)35(46)49-37(6,7)8)21-29-30(26)33(44)42(38(29)18-12-11-13-19-38)22-25-14-16-28(47-9)17-15-25/h14-17,20-21,23H,10-13,18-19,22H2,1-9H3,(H,39,40,41). The smallest absolute Gasteiger partial charge is 0.425 e. The van der Waals surface area contributed by atoms with Gasteiger partial charge in [-0.05, 0) is 109 Å². The second kappa shape index (κ2) is 13.7. The summed E-state index contributed by atoms with van der Waals surface area (Å²) in [5.41, 5.74) is 2.85. The Kier molecular flexibility index (Phi) is 9.95. The molecule has 11 nitrogen and oxygen atoms in total. The minimum atomic E-state index is -0.907. The van der Waals surface area contributed by atoms with E-state index in [0.29, 0.717) is 24.3 Å². The molecule has 49 heavy (non-hydrogen) atoms. The molecule has 1 aromatic heterocycles. The Labute approximate surface area is 289 Å². The molecular weight excluding hydrogens is 622 g/mol. The normalized spacial score (nSPS) is 15.5. The molecular formula is C38H49N5O6. The van der Waals surface area contributed by atoms with E-state index in [1.165, 1.54) is 6.33 Å². The summed E-state index contributed by atoms with van der Waals surface area (Å²) in [6, 6.07) is 12.0. The molecule has 1 aliphatic heterocycles. The molecule has 0 saturated heterocycles. The van der Waals surface area contributed by atoms with E-state index < -0.39 is 28.9 Å². The first kappa shape index (κ1) is 35.6. The third-order valence-electron chi connectivity index (χ3n) is 8.94. The molecule has 3 aromatic rings. The van der Waals surface area contributed by atoms with Gasteiger partial charge in [0.05, 0.1) is 12.6 Å². The fourth-order valence-corrected chi connectivity index (χ4v) is 6.75. The van der Waals surface area contributed by atoms with E-state index in [4.69, 9.17) is 14.2 Å². The number of nitrogens with zero attached hydrogens (tertiary/aromatic N) is 4. The molecule has 3 amide bonds. The number of carbonyl (C=O) groups excluding carboxylic acids is 3. The molecule has 2 heterocycles. The summed E-state index contributed by atoms with van der Waals surface area (Å²) in [4.78, 5) is 52.8. The summed E-state index contributed by atoms with van der Waals surface area (Å²) in [7, 11) is 1.65. The van der Waals surface area contributed by atoms with Crippen molar-refractivity contribution in [2.24, 2.45) is 0 Å². The average Bonchev–Trinajstić information content (AvgIpc) is 3.24. The van der Waals surface area contributed by atoms with Crippen molar-refractivity contribution in [1.82, 2.24) is 14.9 Å². The van der Waals surface area contributed by atoms with E-state index in [-0.39, 0.29) is 11.7 Å². The number of imide groups is 1. The fourth-order valence-electron chi connectivity index (χ4n) is 6.75. The van der Waals surface area contributed by atoms with Crippen molar-refractivity contribution in [3.05, 3.63) is 70.5 Å². The second-order valence-electron chi connectivity index (χ2n) is 14.8. The number of rotatable bonds is 7. The van der Waals surface area contributed by atoms with Gasteiger partial charge in [-0.15, -0.1) is 0 Å². The zero-order valence-electron chi connectivity index (χ0n) is 30.2. The van der Waals surface area contributed by atoms with Crippen LogP contribution in [0.2, 0.25) is 0 Å². The predicted molar refractivity (Wildman–Crippen MR) is 188 cm³/mol. The molecule has 0 atom stereocenters. The van der Waals surface area contributed by atoms with E-state index in [0.717, 1.165) is 70.7 Å². The lowest BCUT2D eigenvalue weighted by Crippen LogP contribution is -2.44. The number of hydrogen-bond acceptors (Lipinski definition) is 9. The van der Waals surface area contributed by atoms with Crippen LogP contribution in [0.1, 0.15) is 113 Å². The second-order valence-corrected chi connectivity index (χ2v) is 14.8. The molecule has 1 aliphatic carbocycles. The predicted octanol–water partition coefficient (Wildman–Crippen LogP) is 8.59. The molecule has 1 saturated carbocycles. The maximum atomic E-state index is 14.3. The average molecular weight is 672 g/mol. The number of methoxy groups -OCH3 is 1. The number of hydrogen-bond donors (Lipinski definition) is 1. The molecule has 2 aliphatic rings. The summed E-state index contributed by atoms with van der Waals surface area (Å²) in [6.45, 7) is 14.6. The maximum absolute atomic E-state index is 14.3. The Morgan fingerprint density at radius 2 is 1.55 bits per heavy atom. The van der Waals surface area contributed by atoms with Gasteiger partial charge in [-0.2, -0.15) is 4.90 Å². The first-order valence-corrected chi connectivity index (χ1v) is 17.0. The van der Waals surface area contributed by atoms with Crippen molar-refractivity contribution in [3.63, 3.8) is 0 Å². The largest absolute Gasteiger partial charge is 0.497 e. The van der Waals surface area contributed by atoms with Crippen LogP contribution in [0.3, 0.4) is 0 Å². The summed E-state index contributed by atoms with van der Waals surface area (Å²) in [6.07, 6.45) is 5.10. The van der Waals surface area contributed by atoms with Gasteiger partial charge in [-0.25, -0.2) is 19.6 Å². The van der Waals surface area contributed by atoms with Crippen LogP contribution in [0.15, 0.2) is 42.7 Å².